The molecular weight excluding hydrogens is 315 g/mol. The van der Waals surface area contributed by atoms with E-state index >= 15 is 0 Å². The van der Waals surface area contributed by atoms with Crippen LogP contribution in [0.3, 0.4) is 0 Å². The highest BCUT2D eigenvalue weighted by molar-refractivity contribution is 14.1. The summed E-state index contributed by atoms with van der Waals surface area (Å²) in [5.74, 6) is 0. The molecule has 1 heterocycles. The Labute approximate surface area is 110 Å². The third-order valence-electron chi connectivity index (χ3n) is 2.92. The van der Waals surface area contributed by atoms with Gasteiger partial charge < -0.3 is 15.8 Å². The second kappa shape index (κ2) is 5.23. The topological polar surface area (TPSA) is 47.3 Å². The van der Waals surface area contributed by atoms with Crippen LogP contribution in [-0.4, -0.2) is 18.8 Å². The van der Waals surface area contributed by atoms with Gasteiger partial charge in [-0.2, -0.15) is 0 Å². The highest BCUT2D eigenvalue weighted by Crippen LogP contribution is 2.24. The van der Waals surface area contributed by atoms with Crippen molar-refractivity contribution in [2.24, 2.45) is 0 Å². The van der Waals surface area contributed by atoms with Crippen LogP contribution in [0, 0.1) is 3.57 Å². The quantitative estimate of drug-likeness (QED) is 0.661. The molecule has 0 amide bonds. The van der Waals surface area contributed by atoms with Gasteiger partial charge in [0.05, 0.1) is 17.5 Å². The maximum Gasteiger partial charge on any atom is 0.0774 e. The number of halogens is 1. The minimum absolute atomic E-state index is 0.310. The first-order valence-corrected chi connectivity index (χ1v) is 6.68. The van der Waals surface area contributed by atoms with E-state index in [1.54, 1.807) is 0 Å². The predicted octanol–water partition coefficient (Wildman–Crippen LogP) is 2.85. The normalized spacial score (nSPS) is 22.0. The van der Waals surface area contributed by atoms with E-state index in [0.717, 1.165) is 28.0 Å². The largest absolute Gasteiger partial charge is 0.397 e. The molecule has 88 valence electrons. The van der Waals surface area contributed by atoms with Crippen molar-refractivity contribution in [3.63, 3.8) is 0 Å². The molecule has 1 fully saturated rings. The zero-order valence-electron chi connectivity index (χ0n) is 9.37. The average molecular weight is 332 g/mol. The molecule has 0 spiro atoms. The van der Waals surface area contributed by atoms with Crippen LogP contribution in [0.4, 0.5) is 11.4 Å². The Morgan fingerprint density at radius 1 is 1.56 bits per heavy atom. The number of ether oxygens (including phenoxy) is 1. The lowest BCUT2D eigenvalue weighted by Gasteiger charge is -2.22. The van der Waals surface area contributed by atoms with E-state index in [9.17, 15) is 0 Å². The van der Waals surface area contributed by atoms with Gasteiger partial charge >= 0.3 is 0 Å². The molecule has 0 aromatic heterocycles. The number of nitrogens with one attached hydrogen (secondary N) is 1. The van der Waals surface area contributed by atoms with Gasteiger partial charge in [0.15, 0.2) is 0 Å². The lowest BCUT2D eigenvalue weighted by atomic mass is 10.1. The molecule has 0 aliphatic carbocycles. The minimum Gasteiger partial charge on any atom is -0.397 e. The molecule has 3 N–H and O–H groups in total. The number of hydrogen-bond donors (Lipinski definition) is 2. The van der Waals surface area contributed by atoms with E-state index in [4.69, 9.17) is 10.5 Å². The molecule has 2 unspecified atom stereocenters. The monoisotopic (exact) mass is 332 g/mol. The first-order valence-electron chi connectivity index (χ1n) is 5.60. The Hall–Kier alpha value is -0.490. The van der Waals surface area contributed by atoms with Crippen molar-refractivity contribution in [2.45, 2.75) is 31.9 Å². The van der Waals surface area contributed by atoms with Gasteiger partial charge in [-0.1, -0.05) is 0 Å². The number of anilines is 2. The van der Waals surface area contributed by atoms with Crippen molar-refractivity contribution in [2.75, 3.05) is 17.7 Å². The van der Waals surface area contributed by atoms with Gasteiger partial charge in [0, 0.05) is 16.2 Å². The summed E-state index contributed by atoms with van der Waals surface area (Å²) < 4.78 is 6.80. The standard InChI is InChI=1S/C12H17IN2O/c1-8(12-3-2-6-16-12)15-11-5-4-9(13)7-10(11)14/h4-5,7-8,12,15H,2-3,6,14H2,1H3. The Morgan fingerprint density at radius 3 is 3.00 bits per heavy atom. The Balaban J connectivity index is 2.02. The van der Waals surface area contributed by atoms with Crippen LogP contribution in [0.5, 0.6) is 0 Å². The van der Waals surface area contributed by atoms with E-state index in [-0.39, 0.29) is 0 Å². The van der Waals surface area contributed by atoms with Crippen LogP contribution < -0.4 is 11.1 Å². The minimum atomic E-state index is 0.310. The van der Waals surface area contributed by atoms with Crippen LogP contribution in [0.25, 0.3) is 0 Å². The van der Waals surface area contributed by atoms with Gasteiger partial charge in [0.2, 0.25) is 0 Å². The summed E-state index contributed by atoms with van der Waals surface area (Å²) in [5, 5.41) is 3.43. The maximum atomic E-state index is 5.96. The molecule has 4 heteroatoms. The molecule has 1 saturated heterocycles. The van der Waals surface area contributed by atoms with Crippen molar-refractivity contribution < 1.29 is 4.74 Å². The Kier molecular flexibility index (Phi) is 3.91. The zero-order chi connectivity index (χ0) is 11.5. The van der Waals surface area contributed by atoms with Crippen molar-refractivity contribution >= 4 is 34.0 Å². The van der Waals surface area contributed by atoms with E-state index < -0.39 is 0 Å². The molecule has 1 aromatic carbocycles. The summed E-state index contributed by atoms with van der Waals surface area (Å²) in [5.41, 5.74) is 7.77. The zero-order valence-corrected chi connectivity index (χ0v) is 11.5. The first kappa shape index (κ1) is 12.0. The molecule has 1 aromatic rings. The number of benzene rings is 1. The second-order valence-electron chi connectivity index (χ2n) is 4.22. The molecule has 2 rings (SSSR count). The molecule has 16 heavy (non-hydrogen) atoms. The smallest absolute Gasteiger partial charge is 0.0774 e. The van der Waals surface area contributed by atoms with Crippen molar-refractivity contribution in [3.8, 4) is 0 Å². The predicted molar refractivity (Wildman–Crippen MR) is 75.6 cm³/mol. The Morgan fingerprint density at radius 2 is 2.38 bits per heavy atom. The highest BCUT2D eigenvalue weighted by Gasteiger charge is 2.22. The van der Waals surface area contributed by atoms with Crippen LogP contribution >= 0.6 is 22.6 Å². The summed E-state index contributed by atoms with van der Waals surface area (Å²) in [7, 11) is 0. The average Bonchev–Trinajstić information content (AvgIpc) is 2.75. The van der Waals surface area contributed by atoms with Gasteiger partial charge in [-0.25, -0.2) is 0 Å². The van der Waals surface area contributed by atoms with E-state index in [0.29, 0.717) is 12.1 Å². The summed E-state index contributed by atoms with van der Waals surface area (Å²) in [6.07, 6.45) is 2.62. The molecule has 1 aliphatic heterocycles. The van der Waals surface area contributed by atoms with Gasteiger partial charge in [0.25, 0.3) is 0 Å². The third-order valence-corrected chi connectivity index (χ3v) is 3.59. The summed E-state index contributed by atoms with van der Waals surface area (Å²) in [6.45, 7) is 3.03. The summed E-state index contributed by atoms with van der Waals surface area (Å²) in [6, 6.07) is 6.37. The maximum absolute atomic E-state index is 5.96. The van der Waals surface area contributed by atoms with E-state index in [1.165, 1.54) is 6.42 Å². The van der Waals surface area contributed by atoms with Gasteiger partial charge in [-0.15, -0.1) is 0 Å². The van der Waals surface area contributed by atoms with Crippen molar-refractivity contribution in [1.82, 2.24) is 0 Å². The molecule has 1 aliphatic rings. The van der Waals surface area contributed by atoms with Crippen molar-refractivity contribution in [3.05, 3.63) is 21.8 Å². The fourth-order valence-corrected chi connectivity index (χ4v) is 2.52. The number of rotatable bonds is 3. The number of hydrogen-bond acceptors (Lipinski definition) is 3. The molecular formula is C12H17IN2O. The summed E-state index contributed by atoms with van der Waals surface area (Å²) >= 11 is 2.26. The van der Waals surface area contributed by atoms with Crippen LogP contribution in [0.1, 0.15) is 19.8 Å². The SMILES string of the molecule is CC(Nc1ccc(I)cc1N)C1CCCO1. The van der Waals surface area contributed by atoms with Crippen LogP contribution in [0.2, 0.25) is 0 Å². The molecule has 2 atom stereocenters. The number of nitrogen functional groups attached to an aromatic ring is 1. The van der Waals surface area contributed by atoms with Crippen LogP contribution in [0.15, 0.2) is 18.2 Å². The molecule has 0 radical (unpaired) electrons. The van der Waals surface area contributed by atoms with Gasteiger partial charge in [-0.3, -0.25) is 0 Å². The lowest BCUT2D eigenvalue weighted by molar-refractivity contribution is 0.0997. The second-order valence-corrected chi connectivity index (χ2v) is 5.46. The van der Waals surface area contributed by atoms with Crippen LogP contribution in [-0.2, 0) is 4.74 Å². The molecule has 0 bridgehead atoms. The molecule has 3 nitrogen and oxygen atoms in total. The van der Waals surface area contributed by atoms with E-state index in [1.807, 2.05) is 12.1 Å². The Bertz CT molecular complexity index is 364. The van der Waals surface area contributed by atoms with Crippen molar-refractivity contribution in [1.29, 1.82) is 0 Å². The fourth-order valence-electron chi connectivity index (χ4n) is 2.00. The number of nitrogens with two attached hydrogens (primary N) is 1. The first-order chi connectivity index (χ1) is 7.66. The van der Waals surface area contributed by atoms with Gasteiger partial charge in [-0.05, 0) is 60.6 Å². The highest BCUT2D eigenvalue weighted by atomic mass is 127. The lowest BCUT2D eigenvalue weighted by Crippen LogP contribution is -2.30. The van der Waals surface area contributed by atoms with Gasteiger partial charge in [0.1, 0.15) is 0 Å². The van der Waals surface area contributed by atoms with E-state index in [2.05, 4.69) is 40.9 Å². The summed E-state index contributed by atoms with van der Waals surface area (Å²) in [4.78, 5) is 0. The molecule has 0 saturated carbocycles. The fraction of sp³-hybridized carbons (Fsp3) is 0.500. The third kappa shape index (κ3) is 2.79.